The lowest BCUT2D eigenvalue weighted by molar-refractivity contribution is 0.354. The summed E-state index contributed by atoms with van der Waals surface area (Å²) < 4.78 is 11.2. The highest BCUT2D eigenvalue weighted by molar-refractivity contribution is 5.93. The molecular weight excluding hydrogens is 330 g/mol. The van der Waals surface area contributed by atoms with Gasteiger partial charge in [-0.05, 0) is 74.2 Å². The van der Waals surface area contributed by atoms with Crippen molar-refractivity contribution in [3.05, 3.63) is 54.1 Å². The normalized spacial score (nSPS) is 19.6. The largest absolute Gasteiger partial charge is 0.508 e. The summed E-state index contributed by atoms with van der Waals surface area (Å²) in [7, 11) is 0. The molecule has 0 amide bonds. The van der Waals surface area contributed by atoms with Gasteiger partial charge in [-0.25, -0.2) is 0 Å². The van der Waals surface area contributed by atoms with Crippen molar-refractivity contribution in [1.82, 2.24) is 0 Å². The summed E-state index contributed by atoms with van der Waals surface area (Å²) >= 11 is 0. The zero-order valence-corrected chi connectivity index (χ0v) is 14.4. The van der Waals surface area contributed by atoms with Gasteiger partial charge in [0.1, 0.15) is 17.2 Å². The molecule has 0 atom stereocenters. The molecule has 1 aliphatic carbocycles. The van der Waals surface area contributed by atoms with Gasteiger partial charge in [0.25, 0.3) is 0 Å². The fourth-order valence-electron chi connectivity index (χ4n) is 2.96. The third-order valence-corrected chi connectivity index (χ3v) is 4.54. The minimum Gasteiger partial charge on any atom is -0.508 e. The van der Waals surface area contributed by atoms with E-state index >= 15 is 0 Å². The van der Waals surface area contributed by atoms with Gasteiger partial charge in [-0.2, -0.15) is 0 Å². The highest BCUT2D eigenvalue weighted by Gasteiger charge is 2.23. The molecule has 0 spiro atoms. The van der Waals surface area contributed by atoms with Gasteiger partial charge in [-0.3, -0.25) is 10.8 Å². The number of ether oxygens (including phenoxy) is 2. The maximum absolute atomic E-state index is 9.29. The molecule has 5 N–H and O–H groups in total. The first kappa shape index (κ1) is 17.9. The van der Waals surface area contributed by atoms with Crippen LogP contribution in [0.1, 0.15) is 31.2 Å². The summed E-state index contributed by atoms with van der Waals surface area (Å²) in [5.74, 6) is 1.63. The van der Waals surface area contributed by atoms with E-state index in [-0.39, 0.29) is 29.5 Å². The van der Waals surface area contributed by atoms with Crippen LogP contribution in [-0.2, 0) is 0 Å². The molecule has 6 heteroatoms. The van der Waals surface area contributed by atoms with E-state index in [4.69, 9.17) is 26.0 Å². The van der Waals surface area contributed by atoms with Crippen LogP contribution < -0.4 is 15.2 Å². The first-order chi connectivity index (χ1) is 12.5. The van der Waals surface area contributed by atoms with E-state index in [2.05, 4.69) is 0 Å². The van der Waals surface area contributed by atoms with E-state index in [0.717, 1.165) is 25.7 Å². The van der Waals surface area contributed by atoms with Crippen LogP contribution in [0.4, 0.5) is 0 Å². The van der Waals surface area contributed by atoms with E-state index in [9.17, 15) is 5.11 Å². The molecule has 0 radical (unpaired) electrons. The number of aromatic hydroxyl groups is 1. The average Bonchev–Trinajstić information content (AvgIpc) is 2.64. The Labute approximate surface area is 152 Å². The van der Waals surface area contributed by atoms with Crippen molar-refractivity contribution in [3.63, 3.8) is 0 Å². The van der Waals surface area contributed by atoms with Crippen molar-refractivity contribution < 1.29 is 14.6 Å². The smallest absolute Gasteiger partial charge is 0.219 e. The molecule has 0 bridgehead atoms. The predicted molar refractivity (Wildman–Crippen MR) is 100 cm³/mol. The van der Waals surface area contributed by atoms with Gasteiger partial charge >= 0.3 is 0 Å². The molecule has 0 aromatic heterocycles. The second-order valence-electron chi connectivity index (χ2n) is 6.53. The molecule has 1 aliphatic rings. The number of nitrogens with one attached hydrogen (secondary N) is 2. The molecule has 0 unspecified atom stereocenters. The Kier molecular flexibility index (Phi) is 5.53. The number of phenolic OH excluding ortho intramolecular Hbond substituents is 1. The fraction of sp³-hybridized carbons (Fsp3) is 0.300. The van der Waals surface area contributed by atoms with E-state index < -0.39 is 0 Å². The summed E-state index contributed by atoms with van der Waals surface area (Å²) in [6.45, 7) is 0. The van der Waals surface area contributed by atoms with Crippen LogP contribution in [0, 0.1) is 16.7 Å². The third-order valence-electron chi connectivity index (χ3n) is 4.54. The molecule has 2 aromatic rings. The van der Waals surface area contributed by atoms with Crippen LogP contribution in [0.5, 0.6) is 17.2 Å². The quantitative estimate of drug-likeness (QED) is 0.496. The number of hydrogen-bond acceptors (Lipinski definition) is 6. The van der Waals surface area contributed by atoms with Crippen LogP contribution in [0.2, 0.25) is 0 Å². The molecule has 0 aliphatic heterocycles. The number of nitrogens with two attached hydrogens (primary N) is 1. The Balaban J connectivity index is 1.55. The van der Waals surface area contributed by atoms with Crippen molar-refractivity contribution in [1.29, 1.82) is 10.8 Å². The average molecular weight is 353 g/mol. The zero-order chi connectivity index (χ0) is 18.5. The lowest BCUT2D eigenvalue weighted by Gasteiger charge is -2.26. The standard InChI is InChI=1S/C20H23N3O3/c21-15-5-1-13(2-6-15)19(22)25-17-9-11-18(12-10-17)26-20(23)14-3-7-16(24)8-4-14/h3-4,7-13,15,22-24H,1-2,5-6,21H2. The molecule has 0 saturated heterocycles. The molecule has 2 aromatic carbocycles. The van der Waals surface area contributed by atoms with Gasteiger partial charge in [0.15, 0.2) is 5.90 Å². The maximum Gasteiger partial charge on any atom is 0.219 e. The Bertz CT molecular complexity index is 764. The number of rotatable bonds is 4. The lowest BCUT2D eigenvalue weighted by Crippen LogP contribution is -2.31. The maximum atomic E-state index is 9.29. The van der Waals surface area contributed by atoms with Crippen molar-refractivity contribution in [3.8, 4) is 17.2 Å². The van der Waals surface area contributed by atoms with Gasteiger partial charge in [-0.1, -0.05) is 0 Å². The molecule has 3 rings (SSSR count). The lowest BCUT2D eigenvalue weighted by atomic mass is 9.86. The minimum atomic E-state index is -0.00930. The van der Waals surface area contributed by atoms with Crippen LogP contribution in [-0.4, -0.2) is 22.9 Å². The molecule has 136 valence electrons. The van der Waals surface area contributed by atoms with Crippen LogP contribution in [0.15, 0.2) is 48.5 Å². The second-order valence-corrected chi connectivity index (χ2v) is 6.53. The summed E-state index contributed by atoms with van der Waals surface area (Å²) in [5, 5.41) is 25.4. The monoisotopic (exact) mass is 353 g/mol. The number of hydrogen-bond donors (Lipinski definition) is 4. The predicted octanol–water partition coefficient (Wildman–Crippen LogP) is 3.67. The topological polar surface area (TPSA) is 112 Å². The molecule has 6 nitrogen and oxygen atoms in total. The summed E-state index contributed by atoms with van der Waals surface area (Å²) in [4.78, 5) is 0. The van der Waals surface area contributed by atoms with Crippen LogP contribution >= 0.6 is 0 Å². The summed E-state index contributed by atoms with van der Waals surface area (Å²) in [6.07, 6.45) is 3.65. The Morgan fingerprint density at radius 2 is 1.38 bits per heavy atom. The zero-order valence-electron chi connectivity index (χ0n) is 14.4. The fourth-order valence-corrected chi connectivity index (χ4v) is 2.96. The highest BCUT2D eigenvalue weighted by Crippen LogP contribution is 2.26. The van der Waals surface area contributed by atoms with Gasteiger partial charge in [-0.15, -0.1) is 0 Å². The third kappa shape index (κ3) is 4.61. The highest BCUT2D eigenvalue weighted by atomic mass is 16.5. The van der Waals surface area contributed by atoms with Crippen LogP contribution in [0.25, 0.3) is 0 Å². The van der Waals surface area contributed by atoms with E-state index in [1.165, 1.54) is 12.1 Å². The van der Waals surface area contributed by atoms with Crippen molar-refractivity contribution in [2.45, 2.75) is 31.7 Å². The second kappa shape index (κ2) is 8.01. The Morgan fingerprint density at radius 3 is 1.96 bits per heavy atom. The first-order valence-electron chi connectivity index (χ1n) is 8.69. The summed E-state index contributed by atoms with van der Waals surface area (Å²) in [5.41, 5.74) is 6.47. The van der Waals surface area contributed by atoms with Crippen LogP contribution in [0.3, 0.4) is 0 Å². The first-order valence-corrected chi connectivity index (χ1v) is 8.69. The van der Waals surface area contributed by atoms with Gasteiger partial charge in [0.05, 0.1) is 0 Å². The van der Waals surface area contributed by atoms with E-state index in [1.807, 2.05) is 0 Å². The molecule has 0 heterocycles. The van der Waals surface area contributed by atoms with Gasteiger partial charge in [0, 0.05) is 17.5 Å². The van der Waals surface area contributed by atoms with Gasteiger partial charge in [0.2, 0.25) is 5.90 Å². The molecular formula is C20H23N3O3. The van der Waals surface area contributed by atoms with Crippen molar-refractivity contribution in [2.24, 2.45) is 11.7 Å². The summed E-state index contributed by atoms with van der Waals surface area (Å²) in [6, 6.07) is 13.4. The number of benzene rings is 2. The molecule has 1 saturated carbocycles. The SMILES string of the molecule is N=C(Oc1ccc(OC(=N)C2CCC(N)CC2)cc1)c1ccc(O)cc1. The Morgan fingerprint density at radius 1 is 0.846 bits per heavy atom. The van der Waals surface area contributed by atoms with E-state index in [0.29, 0.717) is 17.1 Å². The Hall–Kier alpha value is -2.86. The van der Waals surface area contributed by atoms with Gasteiger partial charge < -0.3 is 20.3 Å². The van der Waals surface area contributed by atoms with E-state index in [1.54, 1.807) is 36.4 Å². The molecule has 1 fully saturated rings. The van der Waals surface area contributed by atoms with Crippen molar-refractivity contribution in [2.75, 3.05) is 0 Å². The minimum absolute atomic E-state index is 0.00930. The molecule has 26 heavy (non-hydrogen) atoms. The number of phenols is 1. The van der Waals surface area contributed by atoms with Crippen molar-refractivity contribution >= 4 is 11.8 Å².